The number of nitrogens with zero attached hydrogens (tertiary/aromatic N) is 1. The maximum Gasteiger partial charge on any atom is 0.0669 e. The molecule has 96 valence electrons. The van der Waals surface area contributed by atoms with E-state index in [1.165, 1.54) is 25.7 Å². The first-order valence-corrected chi connectivity index (χ1v) is 6.77. The van der Waals surface area contributed by atoms with Crippen molar-refractivity contribution in [2.75, 3.05) is 26.2 Å². The Morgan fingerprint density at radius 1 is 1.31 bits per heavy atom. The van der Waals surface area contributed by atoms with Gasteiger partial charge in [0.2, 0.25) is 0 Å². The third kappa shape index (κ3) is 5.28. The summed E-state index contributed by atoms with van der Waals surface area (Å²) in [6, 6.07) is 0. The highest BCUT2D eigenvalue weighted by molar-refractivity contribution is 4.73. The third-order valence-corrected chi connectivity index (χ3v) is 3.63. The number of aliphatic hydroxyl groups is 2. The van der Waals surface area contributed by atoms with Gasteiger partial charge in [-0.05, 0) is 25.3 Å². The summed E-state index contributed by atoms with van der Waals surface area (Å²) in [4.78, 5) is 2.23. The van der Waals surface area contributed by atoms with E-state index in [9.17, 15) is 5.11 Å². The number of aliphatic hydroxyl groups excluding tert-OH is 2. The lowest BCUT2D eigenvalue weighted by molar-refractivity contribution is 0.0900. The summed E-state index contributed by atoms with van der Waals surface area (Å²) in [5.74, 6) is 0.756. The van der Waals surface area contributed by atoms with Gasteiger partial charge >= 0.3 is 0 Å². The van der Waals surface area contributed by atoms with Crippen molar-refractivity contribution < 1.29 is 10.2 Å². The van der Waals surface area contributed by atoms with Crippen molar-refractivity contribution in [1.29, 1.82) is 0 Å². The summed E-state index contributed by atoms with van der Waals surface area (Å²) in [6.45, 7) is 4.98. The molecule has 0 aliphatic heterocycles. The van der Waals surface area contributed by atoms with E-state index in [1.807, 2.05) is 0 Å². The van der Waals surface area contributed by atoms with Gasteiger partial charge in [-0.15, -0.1) is 0 Å². The minimum absolute atomic E-state index is 0.179. The first-order chi connectivity index (χ1) is 7.76. The average molecular weight is 229 g/mol. The van der Waals surface area contributed by atoms with Gasteiger partial charge in [0.25, 0.3) is 0 Å². The molecule has 1 aliphatic rings. The van der Waals surface area contributed by atoms with Crippen LogP contribution in [-0.2, 0) is 0 Å². The maximum atomic E-state index is 10.0. The largest absolute Gasteiger partial charge is 0.396 e. The molecule has 1 aliphatic carbocycles. The fraction of sp³-hybridized carbons (Fsp3) is 1.00. The molecule has 2 N–H and O–H groups in total. The Bertz CT molecular complexity index is 169. The Balaban J connectivity index is 2.16. The molecule has 1 unspecified atom stereocenters. The first-order valence-electron chi connectivity index (χ1n) is 6.77. The van der Waals surface area contributed by atoms with Crippen LogP contribution in [-0.4, -0.2) is 47.5 Å². The number of likely N-dealkylation sites (N-methyl/N-ethyl adjacent to an activating group) is 1. The van der Waals surface area contributed by atoms with Crippen LogP contribution in [0.2, 0.25) is 0 Å². The molecule has 0 aromatic rings. The fourth-order valence-electron chi connectivity index (χ4n) is 2.68. The van der Waals surface area contributed by atoms with Gasteiger partial charge in [0.1, 0.15) is 0 Å². The van der Waals surface area contributed by atoms with Crippen LogP contribution in [0.25, 0.3) is 0 Å². The molecule has 1 fully saturated rings. The second kappa shape index (κ2) is 8.04. The van der Waals surface area contributed by atoms with Gasteiger partial charge in [-0.3, -0.25) is 0 Å². The van der Waals surface area contributed by atoms with Crippen molar-refractivity contribution in [3.05, 3.63) is 0 Å². The summed E-state index contributed by atoms with van der Waals surface area (Å²) in [6.07, 6.45) is 6.90. The highest BCUT2D eigenvalue weighted by Gasteiger charge is 2.19. The monoisotopic (exact) mass is 229 g/mol. The molecular weight excluding hydrogens is 202 g/mol. The van der Waals surface area contributed by atoms with Crippen molar-refractivity contribution in [3.63, 3.8) is 0 Å². The number of hydrogen-bond donors (Lipinski definition) is 2. The van der Waals surface area contributed by atoms with E-state index in [0.29, 0.717) is 0 Å². The van der Waals surface area contributed by atoms with Gasteiger partial charge in [0.15, 0.2) is 0 Å². The molecule has 0 aromatic heterocycles. The zero-order chi connectivity index (χ0) is 11.8. The molecular formula is C13H27NO2. The summed E-state index contributed by atoms with van der Waals surface area (Å²) < 4.78 is 0. The van der Waals surface area contributed by atoms with E-state index in [4.69, 9.17) is 5.11 Å². The van der Waals surface area contributed by atoms with Crippen LogP contribution in [0.1, 0.15) is 45.4 Å². The van der Waals surface area contributed by atoms with Crippen LogP contribution < -0.4 is 0 Å². The summed E-state index contributed by atoms with van der Waals surface area (Å²) in [7, 11) is 0. The van der Waals surface area contributed by atoms with E-state index >= 15 is 0 Å². The Hall–Kier alpha value is -0.120. The van der Waals surface area contributed by atoms with E-state index in [1.54, 1.807) is 0 Å². The van der Waals surface area contributed by atoms with Crippen molar-refractivity contribution in [2.24, 2.45) is 5.92 Å². The lowest BCUT2D eigenvalue weighted by atomic mass is 10.00. The molecule has 0 bridgehead atoms. The van der Waals surface area contributed by atoms with E-state index in [2.05, 4.69) is 11.8 Å². The molecule has 1 saturated carbocycles. The first kappa shape index (κ1) is 13.9. The molecule has 0 heterocycles. The third-order valence-electron chi connectivity index (χ3n) is 3.63. The number of rotatable bonds is 8. The topological polar surface area (TPSA) is 43.7 Å². The SMILES string of the molecule is CCN(CCCO)CC(O)CC1CCCC1. The molecule has 0 aromatic carbocycles. The van der Waals surface area contributed by atoms with Crippen LogP contribution in [0, 0.1) is 5.92 Å². The average Bonchev–Trinajstić information content (AvgIpc) is 2.76. The fourth-order valence-corrected chi connectivity index (χ4v) is 2.68. The normalized spacial score (nSPS) is 19.5. The van der Waals surface area contributed by atoms with Crippen molar-refractivity contribution >= 4 is 0 Å². The summed E-state index contributed by atoms with van der Waals surface area (Å²) >= 11 is 0. The van der Waals surface area contributed by atoms with Crippen LogP contribution in [0.4, 0.5) is 0 Å². The highest BCUT2D eigenvalue weighted by Crippen LogP contribution is 2.28. The van der Waals surface area contributed by atoms with E-state index in [0.717, 1.165) is 38.4 Å². The van der Waals surface area contributed by atoms with Crippen LogP contribution >= 0.6 is 0 Å². The molecule has 3 nitrogen and oxygen atoms in total. The van der Waals surface area contributed by atoms with E-state index in [-0.39, 0.29) is 12.7 Å². The zero-order valence-corrected chi connectivity index (χ0v) is 10.6. The molecule has 16 heavy (non-hydrogen) atoms. The summed E-state index contributed by atoms with van der Waals surface area (Å²) in [5, 5.41) is 18.8. The predicted molar refractivity (Wildman–Crippen MR) is 66.4 cm³/mol. The maximum absolute atomic E-state index is 10.0. The van der Waals surface area contributed by atoms with Gasteiger partial charge in [-0.25, -0.2) is 0 Å². The molecule has 1 rings (SSSR count). The zero-order valence-electron chi connectivity index (χ0n) is 10.6. The molecule has 0 spiro atoms. The van der Waals surface area contributed by atoms with Crippen molar-refractivity contribution in [2.45, 2.75) is 51.6 Å². The molecule has 3 heteroatoms. The second-order valence-electron chi connectivity index (χ2n) is 5.01. The Morgan fingerprint density at radius 2 is 2.00 bits per heavy atom. The molecule has 1 atom stereocenters. The van der Waals surface area contributed by atoms with Crippen LogP contribution in [0.15, 0.2) is 0 Å². The Kier molecular flexibility index (Phi) is 7.01. The predicted octanol–water partition coefficient (Wildman–Crippen LogP) is 1.63. The van der Waals surface area contributed by atoms with Crippen molar-refractivity contribution in [1.82, 2.24) is 4.90 Å². The quantitative estimate of drug-likeness (QED) is 0.665. The van der Waals surface area contributed by atoms with Gasteiger partial charge in [-0.2, -0.15) is 0 Å². The second-order valence-corrected chi connectivity index (χ2v) is 5.01. The Morgan fingerprint density at radius 3 is 2.56 bits per heavy atom. The lowest BCUT2D eigenvalue weighted by Gasteiger charge is -2.24. The molecule has 0 saturated heterocycles. The Labute approximate surface area is 99.5 Å². The van der Waals surface area contributed by atoms with Gasteiger partial charge in [0, 0.05) is 19.7 Å². The minimum atomic E-state index is -0.179. The van der Waals surface area contributed by atoms with Crippen molar-refractivity contribution in [3.8, 4) is 0 Å². The minimum Gasteiger partial charge on any atom is -0.396 e. The number of hydrogen-bond acceptors (Lipinski definition) is 3. The summed E-state index contributed by atoms with van der Waals surface area (Å²) in [5.41, 5.74) is 0. The van der Waals surface area contributed by atoms with E-state index < -0.39 is 0 Å². The van der Waals surface area contributed by atoms with Gasteiger partial charge < -0.3 is 15.1 Å². The smallest absolute Gasteiger partial charge is 0.0669 e. The van der Waals surface area contributed by atoms with Crippen LogP contribution in [0.3, 0.4) is 0 Å². The van der Waals surface area contributed by atoms with Crippen LogP contribution in [0.5, 0.6) is 0 Å². The molecule has 0 radical (unpaired) electrons. The van der Waals surface area contributed by atoms with Gasteiger partial charge in [-0.1, -0.05) is 32.6 Å². The molecule has 0 amide bonds. The van der Waals surface area contributed by atoms with Gasteiger partial charge in [0.05, 0.1) is 6.10 Å². The standard InChI is InChI=1S/C13H27NO2/c1-2-14(8-5-9-15)11-13(16)10-12-6-3-4-7-12/h12-13,15-16H,2-11H2,1H3. The highest BCUT2D eigenvalue weighted by atomic mass is 16.3. The lowest BCUT2D eigenvalue weighted by Crippen LogP contribution is -2.34.